The van der Waals surface area contributed by atoms with Gasteiger partial charge >= 0.3 is 0 Å². The number of aryl methyl sites for hydroxylation is 1. The molecule has 0 aliphatic heterocycles. The van der Waals surface area contributed by atoms with E-state index in [4.69, 9.17) is 16.2 Å². The molecule has 0 aliphatic carbocycles. The molecule has 2 amide bonds. The first-order valence-electron chi connectivity index (χ1n) is 6.38. The molecule has 9 heteroatoms. The molecule has 0 bridgehead atoms. The van der Waals surface area contributed by atoms with Crippen molar-refractivity contribution < 1.29 is 22.7 Å². The van der Waals surface area contributed by atoms with Crippen LogP contribution < -0.4 is 11.5 Å². The van der Waals surface area contributed by atoms with E-state index in [1.807, 2.05) is 0 Å². The predicted molar refractivity (Wildman–Crippen MR) is 79.5 cm³/mol. The Hall–Kier alpha value is -1.97. The van der Waals surface area contributed by atoms with E-state index in [0.717, 1.165) is 4.31 Å². The first kappa shape index (κ1) is 18.1. The molecular weight excluding hydrogens is 310 g/mol. The van der Waals surface area contributed by atoms with Gasteiger partial charge in [0.2, 0.25) is 21.8 Å². The number of primary amides is 2. The van der Waals surface area contributed by atoms with Gasteiger partial charge in [-0.05, 0) is 24.6 Å². The number of rotatable bonds is 8. The molecule has 8 nitrogen and oxygen atoms in total. The smallest absolute Gasteiger partial charge is 0.249 e. The zero-order chi connectivity index (χ0) is 16.9. The summed E-state index contributed by atoms with van der Waals surface area (Å²) in [5.74, 6) is -1.52. The molecule has 0 unspecified atom stereocenters. The second kappa shape index (κ2) is 7.34. The summed E-state index contributed by atoms with van der Waals surface area (Å²) in [6.07, 6.45) is 0. The van der Waals surface area contributed by atoms with Crippen LogP contribution in [0.5, 0.6) is 0 Å². The van der Waals surface area contributed by atoms with Crippen LogP contribution in [-0.2, 0) is 19.6 Å². The third kappa shape index (κ3) is 4.26. The van der Waals surface area contributed by atoms with Crippen LogP contribution in [0.15, 0.2) is 23.1 Å². The van der Waals surface area contributed by atoms with E-state index in [1.165, 1.54) is 25.3 Å². The van der Waals surface area contributed by atoms with Gasteiger partial charge in [-0.15, -0.1) is 0 Å². The Kier molecular flexibility index (Phi) is 6.03. The Morgan fingerprint density at radius 1 is 1.27 bits per heavy atom. The average Bonchev–Trinajstić information content (AvgIpc) is 2.42. The number of sulfonamides is 1. The lowest BCUT2D eigenvalue weighted by molar-refractivity contribution is -0.118. The molecule has 4 N–H and O–H groups in total. The normalized spacial score (nSPS) is 11.6. The van der Waals surface area contributed by atoms with Crippen LogP contribution in [0.2, 0.25) is 0 Å². The summed E-state index contributed by atoms with van der Waals surface area (Å²) >= 11 is 0. The van der Waals surface area contributed by atoms with Crippen molar-refractivity contribution in [1.29, 1.82) is 0 Å². The minimum absolute atomic E-state index is 0.0401. The number of benzene rings is 1. The van der Waals surface area contributed by atoms with E-state index in [-0.39, 0.29) is 23.6 Å². The van der Waals surface area contributed by atoms with Gasteiger partial charge in [-0.3, -0.25) is 9.59 Å². The molecule has 0 aromatic heterocycles. The molecule has 122 valence electrons. The monoisotopic (exact) mass is 329 g/mol. The largest absolute Gasteiger partial charge is 0.383 e. The fourth-order valence-electron chi connectivity index (χ4n) is 1.83. The molecule has 0 aliphatic rings. The Balaban J connectivity index is 3.26. The molecule has 0 saturated carbocycles. The van der Waals surface area contributed by atoms with Gasteiger partial charge in [-0.25, -0.2) is 8.42 Å². The van der Waals surface area contributed by atoms with Crippen molar-refractivity contribution in [2.24, 2.45) is 11.5 Å². The van der Waals surface area contributed by atoms with Crippen molar-refractivity contribution >= 4 is 21.8 Å². The van der Waals surface area contributed by atoms with E-state index in [2.05, 4.69) is 0 Å². The number of carbonyl (C=O) groups is 2. The maximum atomic E-state index is 12.6. The van der Waals surface area contributed by atoms with Crippen molar-refractivity contribution in [3.63, 3.8) is 0 Å². The van der Waals surface area contributed by atoms with E-state index in [9.17, 15) is 18.0 Å². The summed E-state index contributed by atoms with van der Waals surface area (Å²) in [5, 5.41) is 0. The van der Waals surface area contributed by atoms with E-state index in [0.29, 0.717) is 5.56 Å². The summed E-state index contributed by atoms with van der Waals surface area (Å²) in [5.41, 5.74) is 11.0. The third-order valence-corrected chi connectivity index (χ3v) is 4.83. The highest BCUT2D eigenvalue weighted by molar-refractivity contribution is 7.89. The minimum Gasteiger partial charge on any atom is -0.383 e. The van der Waals surface area contributed by atoms with Gasteiger partial charge in [0.25, 0.3) is 0 Å². The third-order valence-electron chi connectivity index (χ3n) is 2.99. The van der Waals surface area contributed by atoms with Gasteiger partial charge < -0.3 is 16.2 Å². The number of nitrogens with zero attached hydrogens (tertiary/aromatic N) is 1. The van der Waals surface area contributed by atoms with Crippen LogP contribution in [0.25, 0.3) is 0 Å². The summed E-state index contributed by atoms with van der Waals surface area (Å²) < 4.78 is 30.9. The number of carbonyl (C=O) groups excluding carboxylic acids is 2. The fraction of sp³-hybridized carbons (Fsp3) is 0.385. The van der Waals surface area contributed by atoms with Gasteiger partial charge in [-0.1, -0.05) is 6.07 Å². The van der Waals surface area contributed by atoms with Crippen molar-refractivity contribution in [3.8, 4) is 0 Å². The van der Waals surface area contributed by atoms with Crippen LogP contribution in [0.1, 0.15) is 15.9 Å². The summed E-state index contributed by atoms with van der Waals surface area (Å²) in [4.78, 5) is 22.3. The molecule has 1 aromatic carbocycles. The lowest BCUT2D eigenvalue weighted by Gasteiger charge is -2.20. The molecular formula is C13H19N3O5S. The van der Waals surface area contributed by atoms with Crippen molar-refractivity contribution in [1.82, 2.24) is 4.31 Å². The van der Waals surface area contributed by atoms with E-state index in [1.54, 1.807) is 6.92 Å². The first-order valence-corrected chi connectivity index (χ1v) is 7.82. The van der Waals surface area contributed by atoms with Gasteiger partial charge in [0.1, 0.15) is 0 Å². The molecule has 0 saturated heterocycles. The highest BCUT2D eigenvalue weighted by Crippen LogP contribution is 2.19. The highest BCUT2D eigenvalue weighted by atomic mass is 32.2. The molecule has 0 heterocycles. The zero-order valence-electron chi connectivity index (χ0n) is 12.4. The van der Waals surface area contributed by atoms with Crippen LogP contribution in [0.4, 0.5) is 0 Å². The quantitative estimate of drug-likeness (QED) is 0.645. The number of amides is 2. The highest BCUT2D eigenvalue weighted by Gasteiger charge is 2.26. The summed E-state index contributed by atoms with van der Waals surface area (Å²) in [7, 11) is -2.59. The summed E-state index contributed by atoms with van der Waals surface area (Å²) in [6.45, 7) is 1.22. The topological polar surface area (TPSA) is 133 Å². The lowest BCUT2D eigenvalue weighted by Crippen LogP contribution is -2.40. The average molecular weight is 329 g/mol. The second-order valence-electron chi connectivity index (χ2n) is 4.64. The number of nitrogens with two attached hydrogens (primary N) is 2. The maximum Gasteiger partial charge on any atom is 0.249 e. The van der Waals surface area contributed by atoms with Gasteiger partial charge in [-0.2, -0.15) is 4.31 Å². The van der Waals surface area contributed by atoms with Crippen molar-refractivity contribution in [2.45, 2.75) is 11.8 Å². The Bertz CT molecular complexity index is 672. The van der Waals surface area contributed by atoms with Gasteiger partial charge in [0.15, 0.2) is 0 Å². The second-order valence-corrected chi connectivity index (χ2v) is 6.58. The van der Waals surface area contributed by atoms with Crippen molar-refractivity contribution in [3.05, 3.63) is 29.3 Å². The Labute approximate surface area is 129 Å². The lowest BCUT2D eigenvalue weighted by atomic mass is 10.1. The fourth-order valence-corrected chi connectivity index (χ4v) is 3.24. The number of hydrogen-bond donors (Lipinski definition) is 2. The number of ether oxygens (including phenoxy) is 1. The van der Waals surface area contributed by atoms with Gasteiger partial charge in [0.05, 0.1) is 18.0 Å². The molecule has 0 spiro atoms. The molecule has 22 heavy (non-hydrogen) atoms. The maximum absolute atomic E-state index is 12.6. The van der Waals surface area contributed by atoms with E-state index < -0.39 is 28.4 Å². The predicted octanol–water partition coefficient (Wildman–Crippen LogP) is -0.784. The van der Waals surface area contributed by atoms with Crippen LogP contribution in [0, 0.1) is 6.92 Å². The first-order chi connectivity index (χ1) is 10.2. The van der Waals surface area contributed by atoms with Crippen molar-refractivity contribution in [2.75, 3.05) is 26.8 Å². The standard InChI is InChI=1S/C13H19N3O5S/c1-9-3-4-10(7-11(9)13(15)18)22(19,20)16(5-6-21-2)8-12(14)17/h3-4,7H,5-6,8H2,1-2H3,(H2,14,17)(H2,15,18). The Morgan fingerprint density at radius 2 is 1.91 bits per heavy atom. The Morgan fingerprint density at radius 3 is 2.41 bits per heavy atom. The van der Waals surface area contributed by atoms with Crippen LogP contribution in [-0.4, -0.2) is 51.3 Å². The number of methoxy groups -OCH3 is 1. The van der Waals surface area contributed by atoms with Crippen LogP contribution in [0.3, 0.4) is 0 Å². The van der Waals surface area contributed by atoms with Crippen LogP contribution >= 0.6 is 0 Å². The zero-order valence-corrected chi connectivity index (χ0v) is 13.2. The SMILES string of the molecule is COCCN(CC(N)=O)S(=O)(=O)c1ccc(C)c(C(N)=O)c1. The van der Waals surface area contributed by atoms with E-state index >= 15 is 0 Å². The molecule has 1 rings (SSSR count). The molecule has 0 fully saturated rings. The summed E-state index contributed by atoms with van der Waals surface area (Å²) in [6, 6.07) is 4.01. The van der Waals surface area contributed by atoms with Gasteiger partial charge in [0, 0.05) is 19.2 Å². The number of hydrogen-bond acceptors (Lipinski definition) is 5. The molecule has 0 atom stereocenters. The minimum atomic E-state index is -4.00. The molecule has 1 aromatic rings. The molecule has 0 radical (unpaired) electrons.